The summed E-state index contributed by atoms with van der Waals surface area (Å²) in [4.78, 5) is 18.3. The molecule has 2 aromatic heterocycles. The molecule has 2 amide bonds. The summed E-state index contributed by atoms with van der Waals surface area (Å²) in [5, 5.41) is 6.62. The molecule has 2 fully saturated rings. The molecule has 1 atom stereocenters. The second-order valence-corrected chi connectivity index (χ2v) is 9.12. The van der Waals surface area contributed by atoms with Crippen LogP contribution < -0.4 is 5.32 Å². The zero-order valence-corrected chi connectivity index (χ0v) is 17.5. The van der Waals surface area contributed by atoms with E-state index < -0.39 is 15.8 Å². The molecule has 0 radical (unpaired) electrons. The second kappa shape index (κ2) is 7.95. The summed E-state index contributed by atoms with van der Waals surface area (Å²) in [7, 11) is -3.76. The number of ether oxygens (including phenoxy) is 2. The standard InChI is InChI=1S/C18H23N5O6S/c1-13-16(14(2)29-21-13)20-17(24)22-6-8-27-18(11-22)12-23(7-9-28-18)30(25,26)15-4-3-5-19-10-15/h3-5,10H,6-9,11-12H2,1-2H3,(H,20,24). The number of anilines is 1. The van der Waals surface area contributed by atoms with Crippen molar-refractivity contribution in [1.29, 1.82) is 0 Å². The Bertz CT molecular complexity index is 1000. The number of hydrogen-bond donors (Lipinski definition) is 1. The van der Waals surface area contributed by atoms with Crippen LogP contribution in [-0.4, -0.2) is 79.0 Å². The Morgan fingerprint density at radius 3 is 2.63 bits per heavy atom. The molecule has 4 heterocycles. The molecule has 4 rings (SSSR count). The largest absolute Gasteiger partial charge is 0.359 e. The van der Waals surface area contributed by atoms with E-state index >= 15 is 0 Å². The van der Waals surface area contributed by atoms with Gasteiger partial charge >= 0.3 is 6.03 Å². The molecular weight excluding hydrogens is 414 g/mol. The topological polar surface area (TPSA) is 127 Å². The molecule has 0 bridgehead atoms. The normalized spacial score (nSPS) is 22.9. The highest BCUT2D eigenvalue weighted by atomic mass is 32.2. The fourth-order valence-electron chi connectivity index (χ4n) is 3.54. The van der Waals surface area contributed by atoms with Gasteiger partial charge in [0.2, 0.25) is 10.0 Å². The lowest BCUT2D eigenvalue weighted by atomic mass is 10.2. The number of nitrogens with one attached hydrogen (secondary N) is 1. The monoisotopic (exact) mass is 437 g/mol. The van der Waals surface area contributed by atoms with Gasteiger partial charge in [-0.05, 0) is 26.0 Å². The highest BCUT2D eigenvalue weighted by molar-refractivity contribution is 7.89. The zero-order chi connectivity index (χ0) is 21.4. The fourth-order valence-corrected chi connectivity index (χ4v) is 4.97. The van der Waals surface area contributed by atoms with E-state index in [4.69, 9.17) is 14.0 Å². The minimum atomic E-state index is -3.76. The lowest BCUT2D eigenvalue weighted by Gasteiger charge is -2.46. The van der Waals surface area contributed by atoms with Crippen molar-refractivity contribution >= 4 is 21.7 Å². The maximum Gasteiger partial charge on any atom is 0.322 e. The van der Waals surface area contributed by atoms with Crippen molar-refractivity contribution in [3.8, 4) is 0 Å². The van der Waals surface area contributed by atoms with Crippen LogP contribution in [0.1, 0.15) is 11.5 Å². The van der Waals surface area contributed by atoms with E-state index in [0.717, 1.165) is 0 Å². The van der Waals surface area contributed by atoms with Gasteiger partial charge in [-0.2, -0.15) is 4.31 Å². The Balaban J connectivity index is 1.49. The van der Waals surface area contributed by atoms with Gasteiger partial charge < -0.3 is 24.2 Å². The molecule has 1 spiro atoms. The Morgan fingerprint density at radius 2 is 1.97 bits per heavy atom. The van der Waals surface area contributed by atoms with Crippen molar-refractivity contribution in [1.82, 2.24) is 19.3 Å². The summed E-state index contributed by atoms with van der Waals surface area (Å²) in [6.45, 7) is 4.40. The molecule has 1 N–H and O–H groups in total. The quantitative estimate of drug-likeness (QED) is 0.752. The van der Waals surface area contributed by atoms with Gasteiger partial charge in [-0.25, -0.2) is 13.2 Å². The molecular formula is C18H23N5O6S. The van der Waals surface area contributed by atoms with Gasteiger partial charge in [0.1, 0.15) is 16.3 Å². The van der Waals surface area contributed by atoms with Crippen LogP contribution in [0.3, 0.4) is 0 Å². The van der Waals surface area contributed by atoms with Gasteiger partial charge in [0, 0.05) is 25.5 Å². The van der Waals surface area contributed by atoms with Gasteiger partial charge in [0.05, 0.1) is 26.3 Å². The molecule has 0 saturated carbocycles. The molecule has 162 valence electrons. The summed E-state index contributed by atoms with van der Waals surface area (Å²) in [6, 6.07) is 2.71. The summed E-state index contributed by atoms with van der Waals surface area (Å²) < 4.78 is 44.0. The van der Waals surface area contributed by atoms with E-state index in [1.165, 1.54) is 27.7 Å². The highest BCUT2D eigenvalue weighted by Crippen LogP contribution is 2.29. The number of carbonyl (C=O) groups is 1. The third kappa shape index (κ3) is 3.90. The maximum absolute atomic E-state index is 13.0. The van der Waals surface area contributed by atoms with E-state index in [9.17, 15) is 13.2 Å². The van der Waals surface area contributed by atoms with E-state index in [0.29, 0.717) is 23.7 Å². The smallest absolute Gasteiger partial charge is 0.322 e. The first-order chi connectivity index (χ1) is 14.3. The first-order valence-electron chi connectivity index (χ1n) is 9.48. The van der Waals surface area contributed by atoms with Crippen LogP contribution >= 0.6 is 0 Å². The molecule has 1 unspecified atom stereocenters. The van der Waals surface area contributed by atoms with E-state index in [2.05, 4.69) is 15.5 Å². The first-order valence-corrected chi connectivity index (χ1v) is 10.9. The number of aromatic nitrogens is 2. The molecule has 0 aliphatic carbocycles. The zero-order valence-electron chi connectivity index (χ0n) is 16.7. The predicted molar refractivity (Wildman–Crippen MR) is 104 cm³/mol. The number of pyridine rings is 1. The van der Waals surface area contributed by atoms with Crippen molar-refractivity contribution in [2.45, 2.75) is 24.5 Å². The van der Waals surface area contributed by atoms with Crippen LogP contribution in [0, 0.1) is 13.8 Å². The van der Waals surface area contributed by atoms with Crippen molar-refractivity contribution in [3.63, 3.8) is 0 Å². The van der Waals surface area contributed by atoms with E-state index in [1.54, 1.807) is 19.9 Å². The van der Waals surface area contributed by atoms with E-state index in [1.807, 2.05) is 0 Å². The second-order valence-electron chi connectivity index (χ2n) is 7.19. The Kier molecular flexibility index (Phi) is 5.49. The Hall–Kier alpha value is -2.54. The lowest BCUT2D eigenvalue weighted by molar-refractivity contribution is -0.278. The predicted octanol–water partition coefficient (Wildman–Crippen LogP) is 0.968. The first kappa shape index (κ1) is 20.7. The van der Waals surface area contributed by atoms with Crippen molar-refractivity contribution in [3.05, 3.63) is 36.0 Å². The number of carbonyl (C=O) groups excluding carboxylic acids is 1. The molecule has 11 nitrogen and oxygen atoms in total. The third-order valence-electron chi connectivity index (χ3n) is 5.11. The number of sulfonamides is 1. The maximum atomic E-state index is 13.0. The number of morpholine rings is 2. The number of nitrogens with zero attached hydrogens (tertiary/aromatic N) is 4. The van der Waals surface area contributed by atoms with Crippen LogP contribution in [0.5, 0.6) is 0 Å². The van der Waals surface area contributed by atoms with Crippen LogP contribution in [0.4, 0.5) is 10.5 Å². The number of hydrogen-bond acceptors (Lipinski definition) is 8. The molecule has 0 aromatic carbocycles. The van der Waals surface area contributed by atoms with Gasteiger partial charge in [0.25, 0.3) is 0 Å². The van der Waals surface area contributed by atoms with E-state index in [-0.39, 0.29) is 43.8 Å². The third-order valence-corrected chi connectivity index (χ3v) is 6.93. The number of aryl methyl sites for hydroxylation is 2. The highest BCUT2D eigenvalue weighted by Gasteiger charge is 2.46. The van der Waals surface area contributed by atoms with Crippen LogP contribution in [0.25, 0.3) is 0 Å². The Labute approximate surface area is 174 Å². The van der Waals surface area contributed by atoms with Crippen LogP contribution in [0.2, 0.25) is 0 Å². The molecule has 12 heteroatoms. The van der Waals surface area contributed by atoms with Gasteiger partial charge in [0.15, 0.2) is 11.5 Å². The van der Waals surface area contributed by atoms with Gasteiger partial charge in [-0.1, -0.05) is 5.16 Å². The molecule has 2 aromatic rings. The number of rotatable bonds is 3. The van der Waals surface area contributed by atoms with Gasteiger partial charge in [-0.15, -0.1) is 0 Å². The van der Waals surface area contributed by atoms with Crippen LogP contribution in [-0.2, 0) is 19.5 Å². The molecule has 2 saturated heterocycles. The summed E-state index contributed by atoms with van der Waals surface area (Å²) >= 11 is 0. The minimum Gasteiger partial charge on any atom is -0.359 e. The summed E-state index contributed by atoms with van der Waals surface area (Å²) in [5.74, 6) is -0.728. The van der Waals surface area contributed by atoms with Crippen molar-refractivity contribution in [2.75, 3.05) is 44.7 Å². The number of urea groups is 1. The Morgan fingerprint density at radius 1 is 1.20 bits per heavy atom. The average Bonchev–Trinajstić information content (AvgIpc) is 3.06. The van der Waals surface area contributed by atoms with Crippen LogP contribution in [0.15, 0.2) is 33.9 Å². The molecule has 2 aliphatic rings. The minimum absolute atomic E-state index is 0.0284. The van der Waals surface area contributed by atoms with Gasteiger partial charge in [-0.3, -0.25) is 4.98 Å². The molecule has 2 aliphatic heterocycles. The molecule has 30 heavy (non-hydrogen) atoms. The average molecular weight is 437 g/mol. The van der Waals surface area contributed by atoms with Crippen molar-refractivity contribution in [2.24, 2.45) is 0 Å². The SMILES string of the molecule is Cc1noc(C)c1NC(=O)N1CCOC2(C1)CN(S(=O)(=O)c1cccnc1)CCO2. The lowest BCUT2D eigenvalue weighted by Crippen LogP contribution is -2.64. The number of amides is 2. The fraction of sp³-hybridized carbons (Fsp3) is 0.500. The summed E-state index contributed by atoms with van der Waals surface area (Å²) in [5.41, 5.74) is 1.09. The van der Waals surface area contributed by atoms with Crippen molar-refractivity contribution < 1.29 is 27.2 Å². The summed E-state index contributed by atoms with van der Waals surface area (Å²) in [6.07, 6.45) is 2.82.